The van der Waals surface area contributed by atoms with E-state index < -0.39 is 21.8 Å². The lowest BCUT2D eigenvalue weighted by atomic mass is 10.4. The first-order valence-corrected chi connectivity index (χ1v) is 4.77. The van der Waals surface area contributed by atoms with Crippen LogP contribution in [0.1, 0.15) is 6.92 Å². The average Bonchev–Trinajstić information content (AvgIpc) is 1.84. The van der Waals surface area contributed by atoms with Crippen LogP contribution >= 0.6 is 0 Å². The molecule has 0 rings (SSSR count). The fourth-order valence-electron chi connectivity index (χ4n) is 0.512. The van der Waals surface area contributed by atoms with E-state index in [1.807, 2.05) is 0 Å². The van der Waals surface area contributed by atoms with Gasteiger partial charge in [0, 0.05) is 5.57 Å². The van der Waals surface area contributed by atoms with Gasteiger partial charge in [0.25, 0.3) is 10.1 Å². The Bertz CT molecular complexity index is 276. The molecule has 12 heavy (non-hydrogen) atoms. The molecule has 0 aliphatic carbocycles. The van der Waals surface area contributed by atoms with Crippen molar-refractivity contribution in [3.8, 4) is 0 Å². The number of carbonyl (C=O) groups excluding carboxylic acids is 1. The number of ether oxygens (including phenoxy) is 1. The van der Waals surface area contributed by atoms with Crippen LogP contribution in [0.15, 0.2) is 12.2 Å². The molecular formula is C6H10O5S. The predicted octanol–water partition coefficient (Wildman–Crippen LogP) is -0.00650. The molecule has 0 aliphatic heterocycles. The fraction of sp³-hybridized carbons (Fsp3) is 0.500. The first-order valence-electron chi connectivity index (χ1n) is 3.17. The highest BCUT2D eigenvalue weighted by Gasteiger charge is 2.14. The van der Waals surface area contributed by atoms with Crippen molar-refractivity contribution in [3.63, 3.8) is 0 Å². The Balaban J connectivity index is 4.15. The second-order valence-electron chi connectivity index (χ2n) is 2.05. The van der Waals surface area contributed by atoms with Gasteiger partial charge in [-0.3, -0.25) is 4.55 Å². The number of carbonyl (C=O) groups is 1. The Morgan fingerprint density at radius 2 is 2.08 bits per heavy atom. The SMILES string of the molecule is C=C(CS(=O)(=O)O)C(=O)OCC. The summed E-state index contributed by atoms with van der Waals surface area (Å²) in [5.41, 5.74) is -0.278. The minimum absolute atomic E-state index is 0.142. The molecule has 0 aromatic rings. The van der Waals surface area contributed by atoms with E-state index in [1.54, 1.807) is 6.92 Å². The van der Waals surface area contributed by atoms with Gasteiger partial charge in [0.1, 0.15) is 5.75 Å². The summed E-state index contributed by atoms with van der Waals surface area (Å²) in [7, 11) is -4.19. The average molecular weight is 194 g/mol. The molecule has 0 heterocycles. The van der Waals surface area contributed by atoms with Crippen LogP contribution in [-0.2, 0) is 19.6 Å². The zero-order valence-corrected chi connectivity index (χ0v) is 7.43. The first kappa shape index (κ1) is 11.1. The second-order valence-corrected chi connectivity index (χ2v) is 3.50. The molecule has 0 saturated carbocycles. The zero-order chi connectivity index (χ0) is 9.78. The minimum atomic E-state index is -4.19. The van der Waals surface area contributed by atoms with Crippen molar-refractivity contribution in [2.75, 3.05) is 12.4 Å². The molecule has 0 aromatic heterocycles. The largest absolute Gasteiger partial charge is 0.463 e. The number of hydrogen-bond acceptors (Lipinski definition) is 4. The molecule has 0 bridgehead atoms. The standard InChI is InChI=1S/C6H10O5S/c1-3-11-6(7)5(2)4-12(8,9)10/h2-4H2,1H3,(H,8,9,10). The molecule has 1 N–H and O–H groups in total. The van der Waals surface area contributed by atoms with E-state index in [0.717, 1.165) is 0 Å². The van der Waals surface area contributed by atoms with E-state index in [-0.39, 0.29) is 12.2 Å². The van der Waals surface area contributed by atoms with Crippen LogP contribution in [0.4, 0.5) is 0 Å². The predicted molar refractivity (Wildman–Crippen MR) is 42.2 cm³/mol. The molecule has 0 fully saturated rings. The Morgan fingerprint density at radius 1 is 1.58 bits per heavy atom. The van der Waals surface area contributed by atoms with Gasteiger partial charge in [-0.15, -0.1) is 0 Å². The van der Waals surface area contributed by atoms with Crippen molar-refractivity contribution < 1.29 is 22.5 Å². The molecule has 0 radical (unpaired) electrons. The van der Waals surface area contributed by atoms with E-state index in [9.17, 15) is 13.2 Å². The normalized spacial score (nSPS) is 10.8. The fourth-order valence-corrected chi connectivity index (χ4v) is 1.07. The maximum atomic E-state index is 10.7. The van der Waals surface area contributed by atoms with Crippen molar-refractivity contribution in [3.05, 3.63) is 12.2 Å². The third-order valence-electron chi connectivity index (χ3n) is 0.921. The Morgan fingerprint density at radius 3 is 2.42 bits per heavy atom. The summed E-state index contributed by atoms with van der Waals surface area (Å²) < 4.78 is 33.2. The number of rotatable bonds is 4. The van der Waals surface area contributed by atoms with Crippen LogP contribution in [0.5, 0.6) is 0 Å². The van der Waals surface area contributed by atoms with Gasteiger partial charge in [0.05, 0.1) is 6.61 Å². The summed E-state index contributed by atoms with van der Waals surface area (Å²) >= 11 is 0. The third kappa shape index (κ3) is 4.86. The van der Waals surface area contributed by atoms with E-state index in [1.165, 1.54) is 0 Å². The summed E-state index contributed by atoms with van der Waals surface area (Å²) in [6, 6.07) is 0. The summed E-state index contributed by atoms with van der Waals surface area (Å²) in [5, 5.41) is 0. The van der Waals surface area contributed by atoms with Gasteiger partial charge in [-0.1, -0.05) is 6.58 Å². The molecule has 0 spiro atoms. The van der Waals surface area contributed by atoms with Crippen molar-refractivity contribution in [1.29, 1.82) is 0 Å². The Hall–Kier alpha value is -0.880. The van der Waals surface area contributed by atoms with Crippen molar-refractivity contribution >= 4 is 16.1 Å². The van der Waals surface area contributed by atoms with E-state index in [0.29, 0.717) is 0 Å². The molecule has 0 aromatic carbocycles. The molecule has 0 aliphatic rings. The number of esters is 1. The molecule has 0 amide bonds. The van der Waals surface area contributed by atoms with Gasteiger partial charge in [-0.2, -0.15) is 8.42 Å². The van der Waals surface area contributed by atoms with Crippen molar-refractivity contribution in [2.45, 2.75) is 6.92 Å². The molecular weight excluding hydrogens is 184 g/mol. The van der Waals surface area contributed by atoms with Crippen LogP contribution in [0.3, 0.4) is 0 Å². The maximum Gasteiger partial charge on any atom is 0.334 e. The molecule has 6 heteroatoms. The van der Waals surface area contributed by atoms with Crippen molar-refractivity contribution in [2.24, 2.45) is 0 Å². The first-order chi connectivity index (χ1) is 5.37. The Labute approximate surface area is 70.8 Å². The maximum absolute atomic E-state index is 10.7. The molecule has 0 atom stereocenters. The third-order valence-corrected chi connectivity index (χ3v) is 1.63. The highest BCUT2D eigenvalue weighted by atomic mass is 32.2. The van der Waals surface area contributed by atoms with E-state index in [4.69, 9.17) is 4.55 Å². The van der Waals surface area contributed by atoms with E-state index >= 15 is 0 Å². The van der Waals surface area contributed by atoms with E-state index in [2.05, 4.69) is 11.3 Å². The Kier molecular flexibility index (Phi) is 3.91. The molecule has 0 saturated heterocycles. The summed E-state index contributed by atoms with van der Waals surface area (Å²) in [6.45, 7) is 4.87. The monoisotopic (exact) mass is 194 g/mol. The second kappa shape index (κ2) is 4.22. The molecule has 70 valence electrons. The van der Waals surface area contributed by atoms with Crippen molar-refractivity contribution in [1.82, 2.24) is 0 Å². The summed E-state index contributed by atoms with van der Waals surface area (Å²) in [4.78, 5) is 10.7. The smallest absolute Gasteiger partial charge is 0.334 e. The van der Waals surface area contributed by atoms with Crippen LogP contribution in [0.25, 0.3) is 0 Å². The van der Waals surface area contributed by atoms with Gasteiger partial charge >= 0.3 is 5.97 Å². The lowest BCUT2D eigenvalue weighted by molar-refractivity contribution is -0.138. The summed E-state index contributed by atoms with van der Waals surface area (Å²) in [5.74, 6) is -1.60. The van der Waals surface area contributed by atoms with Crippen LogP contribution in [0, 0.1) is 0 Å². The lowest BCUT2D eigenvalue weighted by Gasteiger charge is -2.01. The molecule has 5 nitrogen and oxygen atoms in total. The lowest BCUT2D eigenvalue weighted by Crippen LogP contribution is -2.15. The quantitative estimate of drug-likeness (QED) is 0.387. The zero-order valence-electron chi connectivity index (χ0n) is 6.61. The van der Waals surface area contributed by atoms with Gasteiger partial charge in [-0.05, 0) is 6.92 Å². The topological polar surface area (TPSA) is 80.7 Å². The minimum Gasteiger partial charge on any atom is -0.463 e. The summed E-state index contributed by atoms with van der Waals surface area (Å²) in [6.07, 6.45) is 0. The number of hydrogen-bond donors (Lipinski definition) is 1. The van der Waals surface area contributed by atoms with Crippen LogP contribution < -0.4 is 0 Å². The highest BCUT2D eigenvalue weighted by Crippen LogP contribution is 1.98. The van der Waals surface area contributed by atoms with Crippen LogP contribution in [0.2, 0.25) is 0 Å². The highest BCUT2D eigenvalue weighted by molar-refractivity contribution is 7.86. The van der Waals surface area contributed by atoms with Crippen LogP contribution in [-0.4, -0.2) is 31.3 Å². The van der Waals surface area contributed by atoms with Gasteiger partial charge in [-0.25, -0.2) is 4.79 Å². The van der Waals surface area contributed by atoms with Gasteiger partial charge in [0.2, 0.25) is 0 Å². The molecule has 0 unspecified atom stereocenters. The van der Waals surface area contributed by atoms with Gasteiger partial charge < -0.3 is 4.74 Å². The van der Waals surface area contributed by atoms with Gasteiger partial charge in [0.15, 0.2) is 0 Å².